The van der Waals surface area contributed by atoms with E-state index in [2.05, 4.69) is 51.4 Å². The summed E-state index contributed by atoms with van der Waals surface area (Å²) in [5.74, 6) is 0.999. The highest BCUT2D eigenvalue weighted by Crippen LogP contribution is 2.17. The topological polar surface area (TPSA) is 41.6 Å². The van der Waals surface area contributed by atoms with E-state index in [-0.39, 0.29) is 0 Å². The van der Waals surface area contributed by atoms with E-state index in [0.717, 1.165) is 35.6 Å². The maximum atomic E-state index is 4.67. The molecule has 0 radical (unpaired) electrons. The Morgan fingerprint density at radius 1 is 0.826 bits per heavy atom. The van der Waals surface area contributed by atoms with Gasteiger partial charge in [-0.2, -0.15) is 0 Å². The van der Waals surface area contributed by atoms with Gasteiger partial charge in [-0.15, -0.1) is 0 Å². The average Bonchev–Trinajstić information content (AvgIpc) is 3.10. The molecule has 0 spiro atoms. The number of hydrogen-bond acceptors (Lipinski definition) is 2. The van der Waals surface area contributed by atoms with E-state index < -0.39 is 0 Å². The minimum atomic E-state index is 0.859. The first-order valence-electron chi connectivity index (χ1n) is 7.82. The zero-order valence-corrected chi connectivity index (χ0v) is 12.7. The highest BCUT2D eigenvalue weighted by Gasteiger charge is 2.05. The van der Waals surface area contributed by atoms with Gasteiger partial charge in [0.05, 0.1) is 5.69 Å². The summed E-state index contributed by atoms with van der Waals surface area (Å²) in [6.07, 6.45) is 5.66. The lowest BCUT2D eigenvalue weighted by Crippen LogP contribution is -1.96. The fourth-order valence-corrected chi connectivity index (χ4v) is 2.76. The number of nitrogens with zero attached hydrogens (tertiary/aromatic N) is 2. The van der Waals surface area contributed by atoms with Gasteiger partial charge in [0.1, 0.15) is 5.82 Å². The molecule has 1 N–H and O–H groups in total. The predicted octanol–water partition coefficient (Wildman–Crippen LogP) is 4.41. The molecule has 0 unspecified atom stereocenters. The number of hydrogen-bond donors (Lipinski definition) is 1. The third kappa shape index (κ3) is 2.99. The lowest BCUT2D eigenvalue weighted by Gasteiger charge is -2.02. The van der Waals surface area contributed by atoms with Crippen molar-refractivity contribution in [2.45, 2.75) is 12.8 Å². The fraction of sp³-hybridized carbons (Fsp3) is 0.100. The lowest BCUT2D eigenvalue weighted by molar-refractivity contribution is 0.859. The van der Waals surface area contributed by atoms with E-state index in [1.165, 1.54) is 10.8 Å². The van der Waals surface area contributed by atoms with Gasteiger partial charge < -0.3 is 4.98 Å². The van der Waals surface area contributed by atoms with E-state index >= 15 is 0 Å². The van der Waals surface area contributed by atoms with Gasteiger partial charge in [-0.05, 0) is 17.9 Å². The molecular weight excluding hydrogens is 282 g/mol. The van der Waals surface area contributed by atoms with Crippen LogP contribution in [0.1, 0.15) is 11.5 Å². The molecule has 0 aliphatic carbocycles. The Hall–Kier alpha value is -2.94. The molecule has 0 amide bonds. The third-order valence-electron chi connectivity index (χ3n) is 4.01. The molecular formula is C20H17N3. The molecule has 0 aliphatic rings. The van der Waals surface area contributed by atoms with E-state index in [1.807, 2.05) is 36.7 Å². The summed E-state index contributed by atoms with van der Waals surface area (Å²) >= 11 is 0. The van der Waals surface area contributed by atoms with Crippen LogP contribution < -0.4 is 0 Å². The van der Waals surface area contributed by atoms with Crippen LogP contribution in [0.3, 0.4) is 0 Å². The quantitative estimate of drug-likeness (QED) is 0.606. The minimum Gasteiger partial charge on any atom is -0.348 e. The summed E-state index contributed by atoms with van der Waals surface area (Å²) in [6.45, 7) is 0. The van der Waals surface area contributed by atoms with Crippen LogP contribution in [0, 0.1) is 0 Å². The number of aromatic amines is 1. The fourth-order valence-electron chi connectivity index (χ4n) is 2.76. The van der Waals surface area contributed by atoms with Crippen molar-refractivity contribution in [2.75, 3.05) is 0 Å². The summed E-state index contributed by atoms with van der Waals surface area (Å²) < 4.78 is 0. The molecule has 3 heteroatoms. The van der Waals surface area contributed by atoms with Crippen molar-refractivity contribution in [2.24, 2.45) is 0 Å². The Morgan fingerprint density at radius 2 is 1.61 bits per heavy atom. The number of H-pyrrole nitrogens is 1. The Bertz CT molecular complexity index is 926. The number of imidazole rings is 1. The summed E-state index contributed by atoms with van der Waals surface area (Å²) in [5.41, 5.74) is 3.23. The highest BCUT2D eigenvalue weighted by atomic mass is 14.9. The smallest absolute Gasteiger partial charge is 0.107 e. The molecule has 0 atom stereocenters. The van der Waals surface area contributed by atoms with Gasteiger partial charge in [0.15, 0.2) is 0 Å². The van der Waals surface area contributed by atoms with Gasteiger partial charge >= 0.3 is 0 Å². The molecule has 0 saturated heterocycles. The van der Waals surface area contributed by atoms with Crippen LogP contribution in [0.5, 0.6) is 0 Å². The first-order chi connectivity index (χ1) is 11.4. The number of pyridine rings is 1. The van der Waals surface area contributed by atoms with Gasteiger partial charge in [-0.3, -0.25) is 4.98 Å². The second kappa shape index (κ2) is 6.05. The van der Waals surface area contributed by atoms with Gasteiger partial charge in [0.25, 0.3) is 0 Å². The lowest BCUT2D eigenvalue weighted by atomic mass is 10.1. The first kappa shape index (κ1) is 13.7. The van der Waals surface area contributed by atoms with Gasteiger partial charge in [0.2, 0.25) is 0 Å². The maximum absolute atomic E-state index is 4.67. The molecule has 2 aromatic heterocycles. The molecule has 0 bridgehead atoms. The van der Waals surface area contributed by atoms with Crippen LogP contribution >= 0.6 is 0 Å². The van der Waals surface area contributed by atoms with Crippen molar-refractivity contribution < 1.29 is 0 Å². The van der Waals surface area contributed by atoms with E-state index in [1.54, 1.807) is 0 Å². The second-order valence-electron chi connectivity index (χ2n) is 5.62. The molecule has 2 heterocycles. The second-order valence-corrected chi connectivity index (χ2v) is 5.62. The summed E-state index contributed by atoms with van der Waals surface area (Å²) in [5, 5.41) is 2.42. The molecule has 0 aliphatic heterocycles. The van der Waals surface area contributed by atoms with Crippen molar-refractivity contribution in [1.82, 2.24) is 15.0 Å². The Labute approximate surface area is 135 Å². The van der Waals surface area contributed by atoms with E-state index in [0.29, 0.717) is 0 Å². The normalized spacial score (nSPS) is 11.0. The average molecular weight is 299 g/mol. The Morgan fingerprint density at radius 3 is 2.48 bits per heavy atom. The molecule has 23 heavy (non-hydrogen) atoms. The van der Waals surface area contributed by atoms with Crippen molar-refractivity contribution in [3.8, 4) is 11.3 Å². The maximum Gasteiger partial charge on any atom is 0.107 e. The Balaban J connectivity index is 1.49. The van der Waals surface area contributed by atoms with Crippen LogP contribution in [-0.4, -0.2) is 15.0 Å². The molecule has 2 aromatic carbocycles. The van der Waals surface area contributed by atoms with E-state index in [9.17, 15) is 0 Å². The zero-order chi connectivity index (χ0) is 15.5. The summed E-state index contributed by atoms with van der Waals surface area (Å²) in [4.78, 5) is 12.5. The summed E-state index contributed by atoms with van der Waals surface area (Å²) in [6, 6.07) is 20.7. The monoisotopic (exact) mass is 299 g/mol. The minimum absolute atomic E-state index is 0.859. The standard InChI is InChI=1S/C20H17N3/c1-2-6-15(7-3-1)19-14-22-20(23-19)11-10-18-12-16-8-4-5-9-17(16)13-21-18/h1-9,12-14H,10-11H2,(H,22,23). The SMILES string of the molecule is c1ccc(-c2c[nH]c(CCc3cc4ccccc4cn3)n2)cc1. The van der Waals surface area contributed by atoms with Crippen molar-refractivity contribution in [1.29, 1.82) is 0 Å². The van der Waals surface area contributed by atoms with Crippen molar-refractivity contribution >= 4 is 10.8 Å². The molecule has 4 rings (SSSR count). The Kier molecular flexibility index (Phi) is 3.60. The third-order valence-corrected chi connectivity index (χ3v) is 4.01. The number of fused-ring (bicyclic) bond motifs is 1. The van der Waals surface area contributed by atoms with E-state index in [4.69, 9.17) is 0 Å². The number of aromatic nitrogens is 3. The number of benzene rings is 2. The van der Waals surface area contributed by atoms with Crippen LogP contribution in [-0.2, 0) is 12.8 Å². The van der Waals surface area contributed by atoms with Crippen molar-refractivity contribution in [3.63, 3.8) is 0 Å². The van der Waals surface area contributed by atoms with Gasteiger partial charge in [-0.25, -0.2) is 4.98 Å². The zero-order valence-electron chi connectivity index (χ0n) is 12.7. The number of nitrogens with one attached hydrogen (secondary N) is 1. The molecule has 0 saturated carbocycles. The molecule has 3 nitrogen and oxygen atoms in total. The molecule has 112 valence electrons. The van der Waals surface area contributed by atoms with Gasteiger partial charge in [0, 0.05) is 35.5 Å². The highest BCUT2D eigenvalue weighted by molar-refractivity contribution is 5.81. The molecule has 4 aromatic rings. The van der Waals surface area contributed by atoms with Crippen LogP contribution in [0.15, 0.2) is 73.1 Å². The number of aryl methyl sites for hydroxylation is 2. The van der Waals surface area contributed by atoms with Crippen molar-refractivity contribution in [3.05, 3.63) is 84.6 Å². The predicted molar refractivity (Wildman–Crippen MR) is 93.2 cm³/mol. The first-order valence-corrected chi connectivity index (χ1v) is 7.82. The van der Waals surface area contributed by atoms with Gasteiger partial charge in [-0.1, -0.05) is 54.6 Å². The largest absolute Gasteiger partial charge is 0.348 e. The van der Waals surface area contributed by atoms with Crippen LogP contribution in [0.2, 0.25) is 0 Å². The number of rotatable bonds is 4. The molecule has 0 fully saturated rings. The van der Waals surface area contributed by atoms with Crippen LogP contribution in [0.4, 0.5) is 0 Å². The summed E-state index contributed by atoms with van der Waals surface area (Å²) in [7, 11) is 0. The van der Waals surface area contributed by atoms with Crippen LogP contribution in [0.25, 0.3) is 22.0 Å².